The number of amides is 1. The van der Waals surface area contributed by atoms with Crippen molar-refractivity contribution in [1.29, 1.82) is 0 Å². The van der Waals surface area contributed by atoms with E-state index < -0.39 is 0 Å². The summed E-state index contributed by atoms with van der Waals surface area (Å²) in [5.74, 6) is 0.676. The SMILES string of the molecule is CCN(CC1CCCO1)c1ncc(C(=O)N2CCOCC2)cc1Cl. The number of carbonyl (C=O) groups excluding carboxylic acids is 1. The van der Waals surface area contributed by atoms with Gasteiger partial charge in [-0.3, -0.25) is 4.79 Å². The van der Waals surface area contributed by atoms with Crippen LogP contribution in [0.1, 0.15) is 30.1 Å². The molecule has 0 radical (unpaired) electrons. The zero-order valence-electron chi connectivity index (χ0n) is 14.0. The smallest absolute Gasteiger partial charge is 0.255 e. The molecule has 2 aliphatic rings. The van der Waals surface area contributed by atoms with Gasteiger partial charge in [-0.1, -0.05) is 11.6 Å². The third-order valence-electron chi connectivity index (χ3n) is 4.50. The minimum Gasteiger partial charge on any atom is -0.378 e. The molecule has 132 valence electrons. The monoisotopic (exact) mass is 353 g/mol. The molecule has 3 heterocycles. The Morgan fingerprint density at radius 3 is 2.83 bits per heavy atom. The van der Waals surface area contributed by atoms with E-state index in [1.165, 1.54) is 0 Å². The van der Waals surface area contributed by atoms with Crippen molar-refractivity contribution < 1.29 is 14.3 Å². The van der Waals surface area contributed by atoms with E-state index >= 15 is 0 Å². The zero-order chi connectivity index (χ0) is 16.9. The van der Waals surface area contributed by atoms with Crippen molar-refractivity contribution in [3.63, 3.8) is 0 Å². The second-order valence-corrected chi connectivity index (χ2v) is 6.51. The Morgan fingerprint density at radius 2 is 2.21 bits per heavy atom. The minimum atomic E-state index is -0.0403. The van der Waals surface area contributed by atoms with Crippen molar-refractivity contribution in [3.8, 4) is 0 Å². The molecule has 1 unspecified atom stereocenters. The number of hydrogen-bond acceptors (Lipinski definition) is 5. The van der Waals surface area contributed by atoms with Crippen LogP contribution in [0.15, 0.2) is 12.3 Å². The fraction of sp³-hybridized carbons (Fsp3) is 0.647. The van der Waals surface area contributed by atoms with Crippen LogP contribution >= 0.6 is 11.6 Å². The number of pyridine rings is 1. The Morgan fingerprint density at radius 1 is 1.42 bits per heavy atom. The maximum absolute atomic E-state index is 12.5. The van der Waals surface area contributed by atoms with Gasteiger partial charge >= 0.3 is 0 Å². The first-order chi connectivity index (χ1) is 11.7. The predicted molar refractivity (Wildman–Crippen MR) is 92.8 cm³/mol. The first-order valence-corrected chi connectivity index (χ1v) is 8.96. The Labute approximate surface area is 147 Å². The van der Waals surface area contributed by atoms with Crippen LogP contribution in [0.25, 0.3) is 0 Å². The maximum atomic E-state index is 12.5. The summed E-state index contributed by atoms with van der Waals surface area (Å²) in [7, 11) is 0. The van der Waals surface area contributed by atoms with E-state index in [-0.39, 0.29) is 12.0 Å². The molecular weight excluding hydrogens is 330 g/mol. The number of rotatable bonds is 5. The highest BCUT2D eigenvalue weighted by Crippen LogP contribution is 2.26. The molecule has 2 saturated heterocycles. The summed E-state index contributed by atoms with van der Waals surface area (Å²) in [5.41, 5.74) is 0.527. The molecule has 2 fully saturated rings. The highest BCUT2D eigenvalue weighted by molar-refractivity contribution is 6.33. The summed E-state index contributed by atoms with van der Waals surface area (Å²) in [6.45, 7) is 6.85. The van der Waals surface area contributed by atoms with E-state index in [0.717, 1.165) is 32.5 Å². The lowest BCUT2D eigenvalue weighted by atomic mass is 10.2. The zero-order valence-corrected chi connectivity index (χ0v) is 14.8. The molecule has 0 saturated carbocycles. The third-order valence-corrected chi connectivity index (χ3v) is 4.77. The van der Waals surface area contributed by atoms with Crippen LogP contribution in [0.2, 0.25) is 5.02 Å². The molecule has 7 heteroatoms. The van der Waals surface area contributed by atoms with Crippen molar-refractivity contribution in [3.05, 3.63) is 22.8 Å². The average Bonchev–Trinajstić information content (AvgIpc) is 3.13. The molecule has 24 heavy (non-hydrogen) atoms. The van der Waals surface area contributed by atoms with E-state index in [2.05, 4.69) is 16.8 Å². The van der Waals surface area contributed by atoms with Gasteiger partial charge in [-0.25, -0.2) is 4.98 Å². The molecular formula is C17H24ClN3O3. The van der Waals surface area contributed by atoms with Gasteiger partial charge in [-0.15, -0.1) is 0 Å². The highest BCUT2D eigenvalue weighted by Gasteiger charge is 2.23. The molecule has 0 aromatic carbocycles. The summed E-state index contributed by atoms with van der Waals surface area (Å²) in [4.78, 5) is 20.9. The first kappa shape index (κ1) is 17.5. The molecule has 3 rings (SSSR count). The molecule has 0 bridgehead atoms. The lowest BCUT2D eigenvalue weighted by Gasteiger charge is -2.28. The van der Waals surface area contributed by atoms with Gasteiger partial charge in [-0.05, 0) is 25.8 Å². The first-order valence-electron chi connectivity index (χ1n) is 8.58. The van der Waals surface area contributed by atoms with Crippen molar-refractivity contribution in [2.45, 2.75) is 25.9 Å². The van der Waals surface area contributed by atoms with Crippen LogP contribution in [-0.2, 0) is 9.47 Å². The summed E-state index contributed by atoms with van der Waals surface area (Å²) < 4.78 is 11.0. The van der Waals surface area contributed by atoms with E-state index in [1.54, 1.807) is 17.2 Å². The van der Waals surface area contributed by atoms with Crippen molar-refractivity contribution in [2.75, 3.05) is 50.9 Å². The lowest BCUT2D eigenvalue weighted by Crippen LogP contribution is -2.40. The van der Waals surface area contributed by atoms with Gasteiger partial charge in [0, 0.05) is 39.0 Å². The molecule has 1 aromatic heterocycles. The molecule has 0 spiro atoms. The second-order valence-electron chi connectivity index (χ2n) is 6.11. The van der Waals surface area contributed by atoms with Crippen LogP contribution < -0.4 is 4.90 Å². The molecule has 1 atom stereocenters. The van der Waals surface area contributed by atoms with Crippen LogP contribution in [0, 0.1) is 0 Å². The number of ether oxygens (including phenoxy) is 2. The van der Waals surface area contributed by atoms with Crippen LogP contribution in [-0.4, -0.2) is 67.9 Å². The molecule has 0 aliphatic carbocycles. The van der Waals surface area contributed by atoms with Crippen LogP contribution in [0.3, 0.4) is 0 Å². The number of anilines is 1. The Kier molecular flexibility index (Phi) is 5.92. The van der Waals surface area contributed by atoms with E-state index in [9.17, 15) is 4.79 Å². The van der Waals surface area contributed by atoms with Gasteiger partial charge in [-0.2, -0.15) is 0 Å². The van der Waals surface area contributed by atoms with Gasteiger partial charge in [0.25, 0.3) is 5.91 Å². The van der Waals surface area contributed by atoms with Crippen LogP contribution in [0.4, 0.5) is 5.82 Å². The van der Waals surface area contributed by atoms with Gasteiger partial charge in [0.1, 0.15) is 5.82 Å². The summed E-state index contributed by atoms with van der Waals surface area (Å²) in [6, 6.07) is 1.72. The minimum absolute atomic E-state index is 0.0403. The van der Waals surface area contributed by atoms with Gasteiger partial charge < -0.3 is 19.3 Å². The maximum Gasteiger partial charge on any atom is 0.255 e. The van der Waals surface area contributed by atoms with E-state index in [0.29, 0.717) is 42.7 Å². The van der Waals surface area contributed by atoms with Crippen molar-refractivity contribution in [1.82, 2.24) is 9.88 Å². The standard InChI is InChI=1S/C17H24ClN3O3/c1-2-20(12-14-4-3-7-24-14)16-15(18)10-13(11-19-16)17(22)21-5-8-23-9-6-21/h10-11,14H,2-9,12H2,1H3. The van der Waals surface area contributed by atoms with Crippen molar-refractivity contribution >= 4 is 23.3 Å². The van der Waals surface area contributed by atoms with Crippen LogP contribution in [0.5, 0.6) is 0 Å². The normalized spacial score (nSPS) is 21.1. The number of halogens is 1. The average molecular weight is 354 g/mol. The number of morpholine rings is 1. The molecule has 1 aromatic rings. The lowest BCUT2D eigenvalue weighted by molar-refractivity contribution is 0.0302. The molecule has 6 nitrogen and oxygen atoms in total. The molecule has 2 aliphatic heterocycles. The van der Waals surface area contributed by atoms with Gasteiger partial charge in [0.2, 0.25) is 0 Å². The van der Waals surface area contributed by atoms with Gasteiger partial charge in [0.05, 0.1) is 29.9 Å². The molecule has 1 amide bonds. The Hall–Kier alpha value is -1.37. The quantitative estimate of drug-likeness (QED) is 0.812. The predicted octanol–water partition coefficient (Wildman–Crippen LogP) is 2.21. The Bertz CT molecular complexity index is 572. The van der Waals surface area contributed by atoms with E-state index in [1.807, 2.05) is 0 Å². The third kappa shape index (κ3) is 3.99. The summed E-state index contributed by atoms with van der Waals surface area (Å²) >= 11 is 6.43. The second kappa shape index (κ2) is 8.14. The number of likely N-dealkylation sites (N-methyl/N-ethyl adjacent to an activating group) is 1. The summed E-state index contributed by atoms with van der Waals surface area (Å²) in [6.07, 6.45) is 4.03. The highest BCUT2D eigenvalue weighted by atomic mass is 35.5. The van der Waals surface area contributed by atoms with Gasteiger partial charge in [0.15, 0.2) is 0 Å². The number of carbonyl (C=O) groups is 1. The van der Waals surface area contributed by atoms with Crippen molar-refractivity contribution in [2.24, 2.45) is 0 Å². The largest absolute Gasteiger partial charge is 0.378 e. The topological polar surface area (TPSA) is 54.9 Å². The fourth-order valence-corrected chi connectivity index (χ4v) is 3.41. The fourth-order valence-electron chi connectivity index (χ4n) is 3.13. The number of nitrogens with zero attached hydrogens (tertiary/aromatic N) is 3. The molecule has 0 N–H and O–H groups in total. The Balaban J connectivity index is 1.71. The van der Waals surface area contributed by atoms with E-state index in [4.69, 9.17) is 21.1 Å². The summed E-state index contributed by atoms with van der Waals surface area (Å²) in [5, 5.41) is 0.508. The number of hydrogen-bond donors (Lipinski definition) is 0. The number of aromatic nitrogens is 1.